The van der Waals surface area contributed by atoms with Crippen molar-refractivity contribution in [3.05, 3.63) is 0 Å². The minimum absolute atomic E-state index is 0.134. The zero-order chi connectivity index (χ0) is 8.48. The van der Waals surface area contributed by atoms with Gasteiger partial charge in [0.1, 0.15) is 0 Å². The summed E-state index contributed by atoms with van der Waals surface area (Å²) in [6.07, 6.45) is 1.76. The summed E-state index contributed by atoms with van der Waals surface area (Å²) in [5.74, 6) is 0. The Balaban J connectivity index is 2.24. The average molecular weight is 308 g/mol. The molecule has 1 atom stereocenters. The number of hydrogen-bond donors (Lipinski definition) is 2. The van der Waals surface area contributed by atoms with Crippen LogP contribution in [0.4, 0.5) is 0 Å². The van der Waals surface area contributed by atoms with E-state index in [0.29, 0.717) is 6.04 Å². The molecule has 2 N–H and O–H groups in total. The minimum atomic E-state index is -3.03. The van der Waals surface area contributed by atoms with Crippen LogP contribution in [0.1, 0.15) is 12.8 Å². The van der Waals surface area contributed by atoms with Gasteiger partial charge in [-0.2, -0.15) is 0 Å². The Morgan fingerprint density at radius 2 is 1.91 bits per heavy atom. The third-order valence-electron chi connectivity index (χ3n) is 1.68. The van der Waals surface area contributed by atoms with E-state index in [9.17, 15) is 8.42 Å². The predicted octanol–water partition coefficient (Wildman–Crippen LogP) is 0.167. The van der Waals surface area contributed by atoms with E-state index in [-0.39, 0.29) is 6.04 Å². The fourth-order valence-electron chi connectivity index (χ4n) is 1.05. The molecule has 4 nitrogen and oxygen atoms in total. The van der Waals surface area contributed by atoms with E-state index in [1.54, 1.807) is 0 Å². The van der Waals surface area contributed by atoms with E-state index in [1.807, 2.05) is 0 Å². The van der Waals surface area contributed by atoms with Gasteiger partial charge in [-0.15, -0.1) is 0 Å². The quantitative estimate of drug-likeness (QED) is 0.444. The van der Waals surface area contributed by atoms with Crippen molar-refractivity contribution in [2.24, 2.45) is 0 Å². The lowest BCUT2D eigenvalue weighted by Gasteiger charge is -2.34. The highest BCUT2D eigenvalue weighted by Crippen LogP contribution is 2.22. The van der Waals surface area contributed by atoms with Gasteiger partial charge in [0.25, 0.3) is 7.19 Å². The van der Waals surface area contributed by atoms with Crippen molar-refractivity contribution >= 4 is 37.8 Å². The molecule has 1 fully saturated rings. The average Bonchev–Trinajstić information content (AvgIpc) is 1.75. The molecule has 1 aliphatic carbocycles. The molecule has 1 aliphatic rings. The monoisotopic (exact) mass is 308 g/mol. The second-order valence-corrected chi connectivity index (χ2v) is 7.51. The Kier molecular flexibility index (Phi) is 3.52. The molecule has 0 amide bonds. The van der Waals surface area contributed by atoms with Gasteiger partial charge in [-0.1, -0.05) is 9.39 Å². The Morgan fingerprint density at radius 1 is 1.36 bits per heavy atom. The van der Waals surface area contributed by atoms with Crippen molar-refractivity contribution < 1.29 is 8.42 Å². The Hall–Kier alpha value is 1.03. The Labute approximate surface area is 80.8 Å². The summed E-state index contributed by atoms with van der Waals surface area (Å²) in [7, 11) is -0.602. The van der Waals surface area contributed by atoms with Gasteiger partial charge < -0.3 is 0 Å². The largest absolute Gasteiger partial charge is 0.298 e. The first kappa shape index (κ1) is 10.1. The van der Waals surface area contributed by atoms with Gasteiger partial charge in [0.05, 0.1) is 21.2 Å². The Morgan fingerprint density at radius 3 is 2.27 bits per heavy atom. The van der Waals surface area contributed by atoms with Crippen LogP contribution in [0.3, 0.4) is 0 Å². The van der Waals surface area contributed by atoms with Crippen molar-refractivity contribution in [3.8, 4) is 0 Å². The highest BCUT2D eigenvalue weighted by Gasteiger charge is 2.29. The maximum Gasteiger partial charge on any atom is 0.265 e. The maximum absolute atomic E-state index is 10.7. The first-order valence-electron chi connectivity index (χ1n) is 3.19. The number of hydrogen-bond acceptors (Lipinski definition) is 3. The van der Waals surface area contributed by atoms with Crippen molar-refractivity contribution in [1.29, 1.82) is 0 Å². The summed E-state index contributed by atoms with van der Waals surface area (Å²) in [5, 5.41) is 3.00. The van der Waals surface area contributed by atoms with Gasteiger partial charge in [0, 0.05) is 12.1 Å². The van der Waals surface area contributed by atoms with Gasteiger partial charge in [0.15, 0.2) is 0 Å². The van der Waals surface area contributed by atoms with Crippen LogP contribution in [0.15, 0.2) is 0 Å². The predicted molar refractivity (Wildman–Crippen MR) is 55.7 cm³/mol. The van der Waals surface area contributed by atoms with Gasteiger partial charge >= 0.3 is 0 Å². The summed E-state index contributed by atoms with van der Waals surface area (Å²) < 4.78 is 23.9. The molecule has 1 rings (SSSR count). The van der Waals surface area contributed by atoms with Crippen LogP contribution in [0.2, 0.25) is 0 Å². The molecule has 0 bridgehead atoms. The summed E-state index contributed by atoms with van der Waals surface area (Å²) in [5.41, 5.74) is 0. The molecule has 0 aromatic carbocycles. The van der Waals surface area contributed by atoms with Crippen LogP contribution < -0.4 is 9.81 Å². The molecule has 0 saturated heterocycles. The van der Waals surface area contributed by atoms with E-state index in [0.717, 1.165) is 12.8 Å². The maximum atomic E-state index is 10.7. The highest BCUT2D eigenvalue weighted by atomic mass is 127. The molecular formula is C4H10IN2O2PS. The Bertz CT molecular complexity index is 226. The normalized spacial score (nSPS) is 31.5. The second-order valence-electron chi connectivity index (χ2n) is 2.59. The molecule has 0 radical (unpaired) electrons. The van der Waals surface area contributed by atoms with Crippen LogP contribution in [-0.2, 0) is 7.19 Å². The fraction of sp³-hybridized carbons (Fsp3) is 1.00. The van der Waals surface area contributed by atoms with Crippen LogP contribution >= 0.6 is 30.6 Å². The van der Waals surface area contributed by atoms with E-state index in [1.165, 1.54) is 21.2 Å². The molecule has 0 spiro atoms. The molecule has 0 aromatic rings. The summed E-state index contributed by atoms with van der Waals surface area (Å²) in [6.45, 7) is 0. The van der Waals surface area contributed by atoms with Crippen molar-refractivity contribution in [2.45, 2.75) is 24.9 Å². The topological polar surface area (TPSA) is 58.2 Å². The van der Waals surface area contributed by atoms with Crippen LogP contribution in [-0.4, -0.2) is 20.5 Å². The molecule has 0 heterocycles. The number of nitrogens with one attached hydrogen (secondary N) is 2. The van der Waals surface area contributed by atoms with Gasteiger partial charge in [-0.05, 0) is 12.8 Å². The molecule has 7 heteroatoms. The first-order valence-corrected chi connectivity index (χ1v) is 7.79. The summed E-state index contributed by atoms with van der Waals surface area (Å²) in [6, 6.07) is 0.589. The van der Waals surface area contributed by atoms with Gasteiger partial charge in [0.2, 0.25) is 0 Å². The zero-order valence-electron chi connectivity index (χ0n) is 5.75. The van der Waals surface area contributed by atoms with Crippen LogP contribution in [0, 0.1) is 0 Å². The molecule has 1 saturated carbocycles. The minimum Gasteiger partial charge on any atom is -0.298 e. The molecule has 0 aromatic heterocycles. The van der Waals surface area contributed by atoms with Crippen molar-refractivity contribution in [2.75, 3.05) is 0 Å². The van der Waals surface area contributed by atoms with Crippen molar-refractivity contribution in [3.63, 3.8) is 0 Å². The SMILES string of the molecule is O=S(=O)(I)NC1CC(NP)C1. The third kappa shape index (κ3) is 3.50. The molecular weight excluding hydrogens is 298 g/mol. The third-order valence-corrected chi connectivity index (χ3v) is 3.53. The lowest BCUT2D eigenvalue weighted by Crippen LogP contribution is -2.48. The van der Waals surface area contributed by atoms with E-state index < -0.39 is 7.19 Å². The standard InChI is InChI=1S/C4H10IN2O2PS/c5-11(8,9)7-4-1-3(2-4)6-10/h3-4,6-7H,1-2,10H2. The van der Waals surface area contributed by atoms with Gasteiger partial charge in [-0.3, -0.25) is 5.09 Å². The fourth-order valence-corrected chi connectivity index (χ4v) is 2.99. The van der Waals surface area contributed by atoms with E-state index >= 15 is 0 Å². The number of halogens is 1. The summed E-state index contributed by atoms with van der Waals surface area (Å²) >= 11 is 1.40. The highest BCUT2D eigenvalue weighted by molar-refractivity contribution is 14.2. The lowest BCUT2D eigenvalue weighted by molar-refractivity contribution is 0.313. The van der Waals surface area contributed by atoms with Gasteiger partial charge in [-0.25, -0.2) is 13.1 Å². The first-order chi connectivity index (χ1) is 5.01. The molecule has 1 unspecified atom stereocenters. The zero-order valence-corrected chi connectivity index (χ0v) is 9.88. The molecule has 0 aliphatic heterocycles. The molecule has 66 valence electrons. The second kappa shape index (κ2) is 3.83. The van der Waals surface area contributed by atoms with E-state index in [4.69, 9.17) is 0 Å². The number of rotatable bonds is 3. The molecule has 11 heavy (non-hydrogen) atoms. The lowest BCUT2D eigenvalue weighted by atomic mass is 9.89. The smallest absolute Gasteiger partial charge is 0.265 e. The van der Waals surface area contributed by atoms with Crippen molar-refractivity contribution in [1.82, 2.24) is 9.81 Å². The van der Waals surface area contributed by atoms with Crippen LogP contribution in [0.25, 0.3) is 0 Å². The summed E-state index contributed by atoms with van der Waals surface area (Å²) in [4.78, 5) is 0. The van der Waals surface area contributed by atoms with E-state index in [2.05, 4.69) is 19.2 Å². The van der Waals surface area contributed by atoms with Crippen LogP contribution in [0.5, 0.6) is 0 Å².